The monoisotopic (exact) mass is 392 g/mol. The number of rotatable bonds is 6. The number of nitrogens with one attached hydrogen (secondary N) is 1. The van der Waals surface area contributed by atoms with E-state index in [2.05, 4.69) is 5.32 Å². The van der Waals surface area contributed by atoms with E-state index in [-0.39, 0.29) is 11.9 Å². The average Bonchev–Trinajstić information content (AvgIpc) is 2.61. The van der Waals surface area contributed by atoms with Gasteiger partial charge in [0.05, 0.1) is 24.8 Å². The molecule has 0 saturated heterocycles. The Morgan fingerprint density at radius 2 is 1.88 bits per heavy atom. The third-order valence-corrected chi connectivity index (χ3v) is 4.32. The first kappa shape index (κ1) is 19.9. The second-order valence-electron chi connectivity index (χ2n) is 5.63. The van der Waals surface area contributed by atoms with E-state index in [1.807, 2.05) is 13.0 Å². The molecule has 0 fully saturated rings. The quantitative estimate of drug-likeness (QED) is 0.784. The van der Waals surface area contributed by atoms with Crippen LogP contribution in [0.2, 0.25) is 10.0 Å². The minimum atomic E-state index is -0.773. The molecule has 2 aromatic rings. The van der Waals surface area contributed by atoms with Crippen molar-refractivity contribution >= 4 is 29.1 Å². The number of benzene rings is 2. The molecule has 0 aliphatic heterocycles. The number of amides is 1. The second-order valence-corrected chi connectivity index (χ2v) is 6.48. The lowest BCUT2D eigenvalue weighted by atomic mass is 10.1. The lowest BCUT2D eigenvalue weighted by Gasteiger charge is -2.20. The summed E-state index contributed by atoms with van der Waals surface area (Å²) < 4.78 is 10.9. The molecule has 1 N–H and O–H groups in total. The molecule has 0 radical (unpaired) electrons. The molecule has 0 saturated carbocycles. The molecule has 0 aliphatic carbocycles. The molecule has 1 amide bonds. The maximum absolute atomic E-state index is 12.4. The van der Waals surface area contributed by atoms with Gasteiger partial charge >= 0.3 is 0 Å². The van der Waals surface area contributed by atoms with Crippen LogP contribution in [-0.2, 0) is 4.79 Å². The highest BCUT2D eigenvalue weighted by molar-refractivity contribution is 6.35. The number of nitriles is 1. The van der Waals surface area contributed by atoms with E-state index in [4.69, 9.17) is 37.9 Å². The van der Waals surface area contributed by atoms with Crippen molar-refractivity contribution in [1.82, 2.24) is 5.32 Å². The zero-order valence-electron chi connectivity index (χ0n) is 14.5. The van der Waals surface area contributed by atoms with Crippen molar-refractivity contribution < 1.29 is 14.3 Å². The summed E-state index contributed by atoms with van der Waals surface area (Å²) in [7, 11) is 1.47. The predicted molar refractivity (Wildman–Crippen MR) is 101 cm³/mol. The summed E-state index contributed by atoms with van der Waals surface area (Å²) in [6.07, 6.45) is -0.773. The van der Waals surface area contributed by atoms with E-state index in [0.717, 1.165) is 5.56 Å². The minimum absolute atomic E-state index is 0.310. The molecule has 0 aromatic heterocycles. The summed E-state index contributed by atoms with van der Waals surface area (Å²) in [4.78, 5) is 12.4. The second kappa shape index (κ2) is 8.79. The normalized spacial score (nSPS) is 12.6. The van der Waals surface area contributed by atoms with Gasteiger partial charge in [-0.25, -0.2) is 0 Å². The number of methoxy groups -OCH3 is 1. The van der Waals surface area contributed by atoms with Crippen molar-refractivity contribution in [2.24, 2.45) is 0 Å². The number of ether oxygens (including phenoxy) is 2. The van der Waals surface area contributed by atoms with E-state index in [0.29, 0.717) is 27.1 Å². The van der Waals surface area contributed by atoms with Gasteiger partial charge in [0.1, 0.15) is 0 Å². The fourth-order valence-corrected chi connectivity index (χ4v) is 2.91. The Morgan fingerprint density at radius 3 is 2.50 bits per heavy atom. The largest absolute Gasteiger partial charge is 0.493 e. The molecule has 0 bridgehead atoms. The van der Waals surface area contributed by atoms with E-state index in [9.17, 15) is 4.79 Å². The van der Waals surface area contributed by atoms with Gasteiger partial charge < -0.3 is 14.8 Å². The Kier molecular flexibility index (Phi) is 6.73. The Bertz CT molecular complexity index is 849. The van der Waals surface area contributed by atoms with Gasteiger partial charge in [-0.15, -0.1) is 0 Å². The third kappa shape index (κ3) is 4.81. The zero-order chi connectivity index (χ0) is 19.3. The number of carbonyl (C=O) groups is 1. The van der Waals surface area contributed by atoms with Crippen LogP contribution < -0.4 is 14.8 Å². The fraction of sp³-hybridized carbons (Fsp3) is 0.263. The highest BCUT2D eigenvalue weighted by Crippen LogP contribution is 2.29. The smallest absolute Gasteiger partial charge is 0.261 e. The number of hydrogen-bond donors (Lipinski definition) is 1. The SMILES string of the molecule is COc1cc(C#N)ccc1O[C@H](C)C(=O)N[C@@H](C)c1ccc(Cl)cc1Cl. The van der Waals surface area contributed by atoms with Crippen molar-refractivity contribution in [3.8, 4) is 17.6 Å². The van der Waals surface area contributed by atoms with Gasteiger partial charge in [0.15, 0.2) is 17.6 Å². The van der Waals surface area contributed by atoms with Crippen LogP contribution in [0.25, 0.3) is 0 Å². The number of hydrogen-bond acceptors (Lipinski definition) is 4. The predicted octanol–water partition coefficient (Wildman–Crippen LogP) is 4.52. The Hall–Kier alpha value is -2.42. The summed E-state index contributed by atoms with van der Waals surface area (Å²) >= 11 is 12.1. The molecule has 0 unspecified atom stereocenters. The summed E-state index contributed by atoms with van der Waals surface area (Å²) in [5, 5.41) is 12.8. The van der Waals surface area contributed by atoms with Gasteiger partial charge in [0.2, 0.25) is 0 Å². The first-order valence-corrected chi connectivity index (χ1v) is 8.61. The van der Waals surface area contributed by atoms with E-state index < -0.39 is 6.10 Å². The first-order valence-electron chi connectivity index (χ1n) is 7.85. The maximum atomic E-state index is 12.4. The minimum Gasteiger partial charge on any atom is -0.493 e. The summed E-state index contributed by atoms with van der Waals surface area (Å²) in [6.45, 7) is 3.45. The number of nitrogens with zero attached hydrogens (tertiary/aromatic N) is 1. The molecular formula is C19H18Cl2N2O3. The van der Waals surface area contributed by atoms with Crippen LogP contribution >= 0.6 is 23.2 Å². The molecule has 7 heteroatoms. The Labute approximate surface area is 162 Å². The highest BCUT2D eigenvalue weighted by Gasteiger charge is 2.20. The molecule has 2 aromatic carbocycles. The van der Waals surface area contributed by atoms with Crippen molar-refractivity contribution in [3.05, 3.63) is 57.6 Å². The molecule has 136 valence electrons. The van der Waals surface area contributed by atoms with Crippen molar-refractivity contribution in [2.45, 2.75) is 26.0 Å². The van der Waals surface area contributed by atoms with Crippen LogP contribution in [0.15, 0.2) is 36.4 Å². The molecule has 0 spiro atoms. The van der Waals surface area contributed by atoms with Crippen LogP contribution in [0.3, 0.4) is 0 Å². The van der Waals surface area contributed by atoms with Crippen LogP contribution in [0.5, 0.6) is 11.5 Å². The molecule has 0 aliphatic rings. The van der Waals surface area contributed by atoms with Gasteiger partial charge in [0, 0.05) is 16.1 Å². The van der Waals surface area contributed by atoms with Gasteiger partial charge in [-0.1, -0.05) is 29.3 Å². The van der Waals surface area contributed by atoms with Crippen molar-refractivity contribution in [3.63, 3.8) is 0 Å². The molecule has 26 heavy (non-hydrogen) atoms. The van der Waals surface area contributed by atoms with Gasteiger partial charge in [-0.3, -0.25) is 4.79 Å². The topological polar surface area (TPSA) is 71.3 Å². The summed E-state index contributed by atoms with van der Waals surface area (Å²) in [5.74, 6) is 0.457. The maximum Gasteiger partial charge on any atom is 0.261 e. The average molecular weight is 393 g/mol. The molecular weight excluding hydrogens is 375 g/mol. The lowest BCUT2D eigenvalue weighted by Crippen LogP contribution is -2.37. The molecule has 2 atom stereocenters. The Morgan fingerprint density at radius 1 is 1.15 bits per heavy atom. The fourth-order valence-electron chi connectivity index (χ4n) is 2.34. The van der Waals surface area contributed by atoms with E-state index in [1.54, 1.807) is 43.3 Å². The first-order chi connectivity index (χ1) is 12.3. The van der Waals surface area contributed by atoms with Gasteiger partial charge in [-0.2, -0.15) is 5.26 Å². The van der Waals surface area contributed by atoms with Crippen LogP contribution in [0.4, 0.5) is 0 Å². The van der Waals surface area contributed by atoms with Gasteiger partial charge in [0.25, 0.3) is 5.91 Å². The standard InChI is InChI=1S/C19H18Cl2N2O3/c1-11(15-6-5-14(20)9-16(15)21)23-19(24)12(2)26-17-7-4-13(10-22)8-18(17)25-3/h4-9,11-12H,1-3H3,(H,23,24)/t11-,12+/m0/s1. The third-order valence-electron chi connectivity index (χ3n) is 3.75. The molecule has 2 rings (SSSR count). The van der Waals surface area contributed by atoms with E-state index in [1.165, 1.54) is 7.11 Å². The van der Waals surface area contributed by atoms with Crippen LogP contribution in [0.1, 0.15) is 31.0 Å². The summed E-state index contributed by atoms with van der Waals surface area (Å²) in [6, 6.07) is 11.6. The van der Waals surface area contributed by atoms with Crippen LogP contribution in [-0.4, -0.2) is 19.1 Å². The van der Waals surface area contributed by atoms with Crippen molar-refractivity contribution in [1.29, 1.82) is 5.26 Å². The van der Waals surface area contributed by atoms with E-state index >= 15 is 0 Å². The molecule has 5 nitrogen and oxygen atoms in total. The summed E-state index contributed by atoms with van der Waals surface area (Å²) in [5.41, 5.74) is 1.20. The number of halogens is 2. The van der Waals surface area contributed by atoms with Gasteiger partial charge in [-0.05, 0) is 43.7 Å². The Balaban J connectivity index is 2.07. The number of carbonyl (C=O) groups excluding carboxylic acids is 1. The van der Waals surface area contributed by atoms with Crippen LogP contribution in [0, 0.1) is 11.3 Å². The van der Waals surface area contributed by atoms with Crippen molar-refractivity contribution in [2.75, 3.05) is 7.11 Å². The molecule has 0 heterocycles. The lowest BCUT2D eigenvalue weighted by molar-refractivity contribution is -0.127. The zero-order valence-corrected chi connectivity index (χ0v) is 16.1. The highest BCUT2D eigenvalue weighted by atomic mass is 35.5.